The quantitative estimate of drug-likeness (QED) is 0.830. The van der Waals surface area contributed by atoms with E-state index in [1.807, 2.05) is 0 Å². The van der Waals surface area contributed by atoms with E-state index >= 15 is 0 Å². The van der Waals surface area contributed by atoms with E-state index in [0.717, 1.165) is 17.4 Å². The first-order valence-corrected chi connectivity index (χ1v) is 6.02. The van der Waals surface area contributed by atoms with Crippen molar-refractivity contribution in [1.82, 2.24) is 9.97 Å². The Kier molecular flexibility index (Phi) is 3.81. The van der Waals surface area contributed by atoms with Crippen molar-refractivity contribution >= 4 is 28.3 Å². The topological polar surface area (TPSA) is 92.2 Å². The Hall–Kier alpha value is -2.35. The molecular weight excluding hydrogens is 273 g/mol. The smallest absolute Gasteiger partial charge is 0.309 e. The lowest BCUT2D eigenvalue weighted by atomic mass is 10.3. The number of carboxylic acid groups (broad SMARTS) is 1. The summed E-state index contributed by atoms with van der Waals surface area (Å²) in [5.41, 5.74) is 0.273. The molecule has 0 bridgehead atoms. The lowest BCUT2D eigenvalue weighted by Crippen LogP contribution is -2.14. The molecule has 2 aromatic heterocycles. The number of carboxylic acids is 1. The monoisotopic (exact) mass is 281 g/mol. The molecule has 8 heteroatoms. The number of amides is 1. The summed E-state index contributed by atoms with van der Waals surface area (Å²) >= 11 is 1.09. The molecule has 0 aliphatic rings. The highest BCUT2D eigenvalue weighted by Crippen LogP contribution is 2.16. The average Bonchev–Trinajstić information content (AvgIpc) is 2.75. The van der Waals surface area contributed by atoms with E-state index in [1.165, 1.54) is 17.5 Å². The summed E-state index contributed by atoms with van der Waals surface area (Å²) in [5, 5.41) is 12.8. The highest BCUT2D eigenvalue weighted by atomic mass is 32.1. The van der Waals surface area contributed by atoms with Crippen molar-refractivity contribution in [2.24, 2.45) is 0 Å². The summed E-state index contributed by atoms with van der Waals surface area (Å²) < 4.78 is 12.8. The van der Waals surface area contributed by atoms with Crippen molar-refractivity contribution in [3.05, 3.63) is 40.9 Å². The first-order chi connectivity index (χ1) is 9.04. The van der Waals surface area contributed by atoms with Gasteiger partial charge in [-0.2, -0.15) is 4.39 Å². The molecular formula is C11H8FN3O3S. The molecule has 0 saturated carbocycles. The summed E-state index contributed by atoms with van der Waals surface area (Å²) in [5.74, 6) is -2.36. The van der Waals surface area contributed by atoms with Crippen LogP contribution in [0.25, 0.3) is 0 Å². The number of aromatic nitrogens is 2. The van der Waals surface area contributed by atoms with Gasteiger partial charge in [-0.15, -0.1) is 11.3 Å². The molecule has 0 radical (unpaired) electrons. The Bertz CT molecular complexity index is 629. The van der Waals surface area contributed by atoms with Crippen LogP contribution in [0.2, 0.25) is 0 Å². The standard InChI is InChI=1S/C11H8FN3O3S/c12-8-3-1-2-7(14-8)10(18)15-11-13-6(5-19-11)4-9(16)17/h1-3,5H,4H2,(H,16,17)(H,13,15,18). The number of thiazole rings is 1. The molecule has 98 valence electrons. The summed E-state index contributed by atoms with van der Waals surface area (Å²) in [7, 11) is 0. The maximum atomic E-state index is 12.8. The van der Waals surface area contributed by atoms with Gasteiger partial charge in [0.1, 0.15) is 5.69 Å². The number of carbonyl (C=O) groups is 2. The molecule has 6 nitrogen and oxygen atoms in total. The molecule has 0 saturated heterocycles. The number of hydrogen-bond acceptors (Lipinski definition) is 5. The molecule has 0 aromatic carbocycles. The van der Waals surface area contributed by atoms with Crippen LogP contribution >= 0.6 is 11.3 Å². The first-order valence-electron chi connectivity index (χ1n) is 5.14. The van der Waals surface area contributed by atoms with Gasteiger partial charge in [0.25, 0.3) is 5.91 Å². The molecule has 1 amide bonds. The zero-order valence-corrected chi connectivity index (χ0v) is 10.3. The average molecular weight is 281 g/mol. The fraction of sp³-hybridized carbons (Fsp3) is 0.0909. The van der Waals surface area contributed by atoms with Gasteiger partial charge >= 0.3 is 5.97 Å². The van der Waals surface area contributed by atoms with Crippen LogP contribution in [0, 0.1) is 5.95 Å². The normalized spacial score (nSPS) is 10.2. The number of nitrogens with zero attached hydrogens (tertiary/aromatic N) is 2. The zero-order valence-electron chi connectivity index (χ0n) is 9.46. The van der Waals surface area contributed by atoms with Crippen molar-refractivity contribution in [2.45, 2.75) is 6.42 Å². The second-order valence-electron chi connectivity index (χ2n) is 3.51. The number of halogens is 1. The maximum Gasteiger partial charge on any atom is 0.309 e. The van der Waals surface area contributed by atoms with Gasteiger partial charge in [-0.25, -0.2) is 9.97 Å². The molecule has 2 aromatic rings. The number of carbonyl (C=O) groups excluding carboxylic acids is 1. The molecule has 2 N–H and O–H groups in total. The third kappa shape index (κ3) is 3.55. The van der Waals surface area contributed by atoms with Crippen molar-refractivity contribution in [3.63, 3.8) is 0 Å². The number of aliphatic carboxylic acids is 1. The summed E-state index contributed by atoms with van der Waals surface area (Å²) in [6.07, 6.45) is -0.218. The van der Waals surface area contributed by atoms with Gasteiger partial charge in [-0.3, -0.25) is 14.9 Å². The number of hydrogen-bond donors (Lipinski definition) is 2. The van der Waals surface area contributed by atoms with E-state index < -0.39 is 17.8 Å². The molecule has 0 fully saturated rings. The molecule has 0 aliphatic carbocycles. The van der Waals surface area contributed by atoms with Crippen LogP contribution in [0.4, 0.5) is 9.52 Å². The van der Waals surface area contributed by atoms with Crippen molar-refractivity contribution in [3.8, 4) is 0 Å². The van der Waals surface area contributed by atoms with Gasteiger partial charge in [0.05, 0.1) is 12.1 Å². The van der Waals surface area contributed by atoms with E-state index in [4.69, 9.17) is 5.11 Å². The van der Waals surface area contributed by atoms with Crippen LogP contribution in [-0.4, -0.2) is 27.0 Å². The minimum absolute atomic E-state index is 0.0741. The Morgan fingerprint density at radius 2 is 2.16 bits per heavy atom. The largest absolute Gasteiger partial charge is 0.481 e. The van der Waals surface area contributed by atoms with Crippen LogP contribution in [-0.2, 0) is 11.2 Å². The maximum absolute atomic E-state index is 12.8. The van der Waals surface area contributed by atoms with E-state index in [9.17, 15) is 14.0 Å². The minimum atomic E-state index is -1.00. The lowest BCUT2D eigenvalue weighted by Gasteiger charge is -2.00. The molecule has 2 heterocycles. The Morgan fingerprint density at radius 3 is 2.84 bits per heavy atom. The molecule has 0 spiro atoms. The summed E-state index contributed by atoms with van der Waals surface area (Å²) in [4.78, 5) is 29.5. The Balaban J connectivity index is 2.06. The van der Waals surface area contributed by atoms with E-state index in [2.05, 4.69) is 15.3 Å². The molecule has 0 unspecified atom stereocenters. The summed E-state index contributed by atoms with van der Waals surface area (Å²) in [6, 6.07) is 3.87. The fourth-order valence-electron chi connectivity index (χ4n) is 1.30. The van der Waals surface area contributed by atoms with Gasteiger partial charge in [-0.1, -0.05) is 6.07 Å². The van der Waals surface area contributed by atoms with Crippen LogP contribution in [0.15, 0.2) is 23.6 Å². The van der Waals surface area contributed by atoms with Crippen molar-refractivity contribution in [1.29, 1.82) is 0 Å². The number of pyridine rings is 1. The lowest BCUT2D eigenvalue weighted by molar-refractivity contribution is -0.136. The van der Waals surface area contributed by atoms with Gasteiger partial charge in [0.2, 0.25) is 5.95 Å². The van der Waals surface area contributed by atoms with Crippen LogP contribution < -0.4 is 5.32 Å². The first kappa shape index (κ1) is 13.1. The van der Waals surface area contributed by atoms with E-state index in [1.54, 1.807) is 0 Å². The molecule has 19 heavy (non-hydrogen) atoms. The van der Waals surface area contributed by atoms with Crippen LogP contribution in [0.1, 0.15) is 16.2 Å². The van der Waals surface area contributed by atoms with Gasteiger partial charge in [0, 0.05) is 5.38 Å². The minimum Gasteiger partial charge on any atom is -0.481 e. The SMILES string of the molecule is O=C(O)Cc1csc(NC(=O)c2cccc(F)n2)n1. The highest BCUT2D eigenvalue weighted by molar-refractivity contribution is 7.14. The fourth-order valence-corrected chi connectivity index (χ4v) is 2.00. The van der Waals surface area contributed by atoms with Crippen molar-refractivity contribution < 1.29 is 19.1 Å². The predicted octanol–water partition coefficient (Wildman–Crippen LogP) is 1.56. The van der Waals surface area contributed by atoms with Gasteiger partial charge in [-0.05, 0) is 12.1 Å². The van der Waals surface area contributed by atoms with E-state index in [-0.39, 0.29) is 17.2 Å². The number of nitrogens with one attached hydrogen (secondary N) is 1. The third-order valence-electron chi connectivity index (χ3n) is 2.05. The molecule has 2 rings (SSSR count). The second kappa shape index (κ2) is 5.53. The Morgan fingerprint density at radius 1 is 1.37 bits per heavy atom. The second-order valence-corrected chi connectivity index (χ2v) is 4.37. The Labute approximate surface area is 110 Å². The predicted molar refractivity (Wildman–Crippen MR) is 65.6 cm³/mol. The number of anilines is 1. The number of rotatable bonds is 4. The molecule has 0 aliphatic heterocycles. The van der Waals surface area contributed by atoms with Crippen molar-refractivity contribution in [2.75, 3.05) is 5.32 Å². The van der Waals surface area contributed by atoms with E-state index in [0.29, 0.717) is 5.69 Å². The highest BCUT2D eigenvalue weighted by Gasteiger charge is 2.12. The van der Waals surface area contributed by atoms with Gasteiger partial charge in [0.15, 0.2) is 5.13 Å². The van der Waals surface area contributed by atoms with Crippen LogP contribution in [0.3, 0.4) is 0 Å². The third-order valence-corrected chi connectivity index (χ3v) is 2.86. The molecule has 0 atom stereocenters. The zero-order chi connectivity index (χ0) is 13.8. The summed E-state index contributed by atoms with van der Waals surface area (Å²) in [6.45, 7) is 0. The van der Waals surface area contributed by atoms with Crippen LogP contribution in [0.5, 0.6) is 0 Å². The van der Waals surface area contributed by atoms with Gasteiger partial charge < -0.3 is 5.11 Å².